The molecule has 3 rings (SSSR count). The average molecular weight is 291 g/mol. The molecule has 4 nitrogen and oxygen atoms in total. The van der Waals surface area contributed by atoms with Gasteiger partial charge < -0.3 is 10.5 Å². The lowest BCUT2D eigenvalue weighted by atomic mass is 10.1. The van der Waals surface area contributed by atoms with Crippen LogP contribution in [0.15, 0.2) is 73.1 Å². The third-order valence-corrected chi connectivity index (χ3v) is 3.34. The second kappa shape index (κ2) is 6.83. The summed E-state index contributed by atoms with van der Waals surface area (Å²) in [5.74, 6) is 0.561. The van der Waals surface area contributed by atoms with Crippen molar-refractivity contribution in [2.75, 3.05) is 6.61 Å². The van der Waals surface area contributed by atoms with E-state index in [4.69, 9.17) is 10.5 Å². The molecular formula is C18H17N3O. The van der Waals surface area contributed by atoms with Gasteiger partial charge in [0.1, 0.15) is 6.61 Å². The van der Waals surface area contributed by atoms with E-state index in [1.807, 2.05) is 60.7 Å². The molecule has 1 aromatic carbocycles. The predicted octanol–water partition coefficient (Wildman–Crippen LogP) is 3.22. The molecule has 0 bridgehead atoms. The van der Waals surface area contributed by atoms with E-state index in [0.717, 1.165) is 16.8 Å². The maximum atomic E-state index is 6.10. The van der Waals surface area contributed by atoms with Crippen molar-refractivity contribution in [2.24, 2.45) is 5.73 Å². The number of benzene rings is 1. The van der Waals surface area contributed by atoms with Gasteiger partial charge in [0.25, 0.3) is 0 Å². The summed E-state index contributed by atoms with van der Waals surface area (Å²) < 4.78 is 5.66. The highest BCUT2D eigenvalue weighted by molar-refractivity contribution is 5.57. The van der Waals surface area contributed by atoms with E-state index in [9.17, 15) is 0 Å². The van der Waals surface area contributed by atoms with Gasteiger partial charge in [0.15, 0.2) is 0 Å². The van der Waals surface area contributed by atoms with E-state index in [1.165, 1.54) is 0 Å². The van der Waals surface area contributed by atoms with Crippen molar-refractivity contribution in [1.82, 2.24) is 9.97 Å². The van der Waals surface area contributed by atoms with Gasteiger partial charge in [-0.1, -0.05) is 36.4 Å². The van der Waals surface area contributed by atoms with Crippen LogP contribution >= 0.6 is 0 Å². The molecule has 0 unspecified atom stereocenters. The zero-order valence-corrected chi connectivity index (χ0v) is 12.1. The van der Waals surface area contributed by atoms with Crippen molar-refractivity contribution in [2.45, 2.75) is 6.04 Å². The van der Waals surface area contributed by atoms with Crippen LogP contribution in [0.4, 0.5) is 0 Å². The fraction of sp³-hybridized carbons (Fsp3) is 0.111. The number of pyridine rings is 2. The first-order chi connectivity index (χ1) is 10.8. The van der Waals surface area contributed by atoms with Gasteiger partial charge in [0.05, 0.1) is 11.7 Å². The molecule has 0 aliphatic rings. The second-order valence-corrected chi connectivity index (χ2v) is 4.93. The smallest absolute Gasteiger partial charge is 0.213 e. The predicted molar refractivity (Wildman–Crippen MR) is 86.3 cm³/mol. The maximum absolute atomic E-state index is 6.10. The third-order valence-electron chi connectivity index (χ3n) is 3.34. The molecule has 22 heavy (non-hydrogen) atoms. The number of hydrogen-bond acceptors (Lipinski definition) is 4. The fourth-order valence-electron chi connectivity index (χ4n) is 2.12. The van der Waals surface area contributed by atoms with E-state index < -0.39 is 0 Å². The van der Waals surface area contributed by atoms with Gasteiger partial charge in [-0.2, -0.15) is 0 Å². The van der Waals surface area contributed by atoms with Crippen molar-refractivity contribution >= 4 is 0 Å². The zero-order chi connectivity index (χ0) is 15.2. The number of nitrogens with zero attached hydrogens (tertiary/aromatic N) is 2. The Morgan fingerprint density at radius 2 is 1.73 bits per heavy atom. The first-order valence-electron chi connectivity index (χ1n) is 7.14. The summed E-state index contributed by atoms with van der Waals surface area (Å²) in [6, 6.07) is 19.3. The van der Waals surface area contributed by atoms with Crippen LogP contribution in [0.5, 0.6) is 5.88 Å². The normalized spacial score (nSPS) is 11.9. The van der Waals surface area contributed by atoms with Crippen LogP contribution in [0.3, 0.4) is 0 Å². The zero-order valence-electron chi connectivity index (χ0n) is 12.1. The fourth-order valence-corrected chi connectivity index (χ4v) is 2.12. The van der Waals surface area contributed by atoms with Crippen LogP contribution in [0.2, 0.25) is 0 Å². The molecule has 0 saturated carbocycles. The average Bonchev–Trinajstić information content (AvgIpc) is 2.61. The minimum absolute atomic E-state index is 0.168. The third kappa shape index (κ3) is 3.48. The number of aromatic nitrogens is 2. The number of ether oxygens (including phenoxy) is 1. The summed E-state index contributed by atoms with van der Waals surface area (Å²) >= 11 is 0. The molecule has 1 atom stereocenters. The Bertz CT molecular complexity index is 699. The SMILES string of the molecule is N[C@H](COc1ccc(-c2ccccn2)cn1)c1ccccc1. The number of nitrogens with two attached hydrogens (primary N) is 1. The van der Waals surface area contributed by atoms with Gasteiger partial charge in [-0.3, -0.25) is 4.98 Å². The molecule has 0 saturated heterocycles. The number of hydrogen-bond donors (Lipinski definition) is 1. The highest BCUT2D eigenvalue weighted by Crippen LogP contribution is 2.18. The van der Waals surface area contributed by atoms with Crippen LogP contribution in [0.1, 0.15) is 11.6 Å². The Balaban J connectivity index is 1.62. The van der Waals surface area contributed by atoms with E-state index in [2.05, 4.69) is 9.97 Å². The molecular weight excluding hydrogens is 274 g/mol. The summed E-state index contributed by atoms with van der Waals surface area (Å²) in [5, 5.41) is 0. The largest absolute Gasteiger partial charge is 0.476 e. The maximum Gasteiger partial charge on any atom is 0.213 e. The van der Waals surface area contributed by atoms with Gasteiger partial charge in [0.2, 0.25) is 5.88 Å². The molecule has 0 aliphatic heterocycles. The summed E-state index contributed by atoms with van der Waals surface area (Å²) in [5.41, 5.74) is 9.00. The van der Waals surface area contributed by atoms with E-state index >= 15 is 0 Å². The molecule has 0 radical (unpaired) electrons. The summed E-state index contributed by atoms with van der Waals surface area (Å²) in [6.07, 6.45) is 3.52. The molecule has 3 aromatic rings. The molecule has 4 heteroatoms. The van der Waals surface area contributed by atoms with Crippen molar-refractivity contribution in [3.63, 3.8) is 0 Å². The van der Waals surface area contributed by atoms with Crippen LogP contribution in [0, 0.1) is 0 Å². The Morgan fingerprint density at radius 3 is 2.41 bits per heavy atom. The van der Waals surface area contributed by atoms with Gasteiger partial charge in [0, 0.05) is 24.0 Å². The van der Waals surface area contributed by atoms with Crippen molar-refractivity contribution in [3.8, 4) is 17.1 Å². The monoisotopic (exact) mass is 291 g/mol. The molecule has 2 N–H and O–H groups in total. The summed E-state index contributed by atoms with van der Waals surface area (Å²) in [6.45, 7) is 0.389. The van der Waals surface area contributed by atoms with E-state index in [-0.39, 0.29) is 6.04 Å². The van der Waals surface area contributed by atoms with E-state index in [0.29, 0.717) is 12.5 Å². The van der Waals surface area contributed by atoms with Gasteiger partial charge >= 0.3 is 0 Å². The summed E-state index contributed by atoms with van der Waals surface area (Å²) in [7, 11) is 0. The molecule has 2 heterocycles. The van der Waals surface area contributed by atoms with Crippen molar-refractivity contribution < 1.29 is 4.74 Å². The van der Waals surface area contributed by atoms with Crippen LogP contribution < -0.4 is 10.5 Å². The topological polar surface area (TPSA) is 61.0 Å². The summed E-state index contributed by atoms with van der Waals surface area (Å²) in [4.78, 5) is 8.59. The lowest BCUT2D eigenvalue weighted by Gasteiger charge is -2.13. The molecule has 110 valence electrons. The molecule has 0 aliphatic carbocycles. The van der Waals surface area contributed by atoms with Crippen LogP contribution in [-0.4, -0.2) is 16.6 Å². The lowest BCUT2D eigenvalue weighted by Crippen LogP contribution is -2.19. The highest BCUT2D eigenvalue weighted by atomic mass is 16.5. The molecule has 2 aromatic heterocycles. The Morgan fingerprint density at radius 1 is 0.909 bits per heavy atom. The molecule has 0 spiro atoms. The minimum Gasteiger partial charge on any atom is -0.476 e. The minimum atomic E-state index is -0.168. The van der Waals surface area contributed by atoms with Crippen molar-refractivity contribution in [1.29, 1.82) is 0 Å². The van der Waals surface area contributed by atoms with Crippen molar-refractivity contribution in [3.05, 3.63) is 78.6 Å². The Kier molecular flexibility index (Phi) is 4.41. The lowest BCUT2D eigenvalue weighted by molar-refractivity contribution is 0.280. The first-order valence-corrected chi connectivity index (χ1v) is 7.14. The second-order valence-electron chi connectivity index (χ2n) is 4.93. The Hall–Kier alpha value is -2.72. The van der Waals surface area contributed by atoms with Crippen LogP contribution in [-0.2, 0) is 0 Å². The number of rotatable bonds is 5. The van der Waals surface area contributed by atoms with Gasteiger partial charge in [-0.25, -0.2) is 4.98 Å². The highest BCUT2D eigenvalue weighted by Gasteiger charge is 2.07. The van der Waals surface area contributed by atoms with Crippen LogP contribution in [0.25, 0.3) is 11.3 Å². The molecule has 0 fully saturated rings. The standard InChI is InChI=1S/C18H17N3O/c19-16(14-6-2-1-3-7-14)13-22-18-10-9-15(12-21-18)17-8-4-5-11-20-17/h1-12,16H,13,19H2/t16-/m1/s1. The first kappa shape index (κ1) is 14.2. The quantitative estimate of drug-likeness (QED) is 0.784. The Labute approximate surface area is 129 Å². The van der Waals surface area contributed by atoms with E-state index in [1.54, 1.807) is 12.4 Å². The van der Waals surface area contributed by atoms with Gasteiger partial charge in [-0.05, 0) is 23.8 Å². The molecule has 0 amide bonds. The van der Waals surface area contributed by atoms with Gasteiger partial charge in [-0.15, -0.1) is 0 Å².